The molecule has 1 rings (SSSR count). The first kappa shape index (κ1) is 14.0. The molecule has 0 saturated carbocycles. The maximum absolute atomic E-state index is 11.0. The molecule has 0 heterocycles. The Morgan fingerprint density at radius 3 is 2.65 bits per heavy atom. The summed E-state index contributed by atoms with van der Waals surface area (Å²) in [6, 6.07) is 6.87. The van der Waals surface area contributed by atoms with Crippen LogP contribution in [-0.4, -0.2) is 28.0 Å². The number of benzene rings is 1. The summed E-state index contributed by atoms with van der Waals surface area (Å²) in [5.41, 5.74) is 1.03. The van der Waals surface area contributed by atoms with Gasteiger partial charge in [-0.1, -0.05) is 18.2 Å². The van der Waals surface area contributed by atoms with Gasteiger partial charge in [0.1, 0.15) is 6.10 Å². The van der Waals surface area contributed by atoms with E-state index in [0.29, 0.717) is 23.4 Å². The number of para-hydroxylation sites is 1. The zero-order valence-corrected chi connectivity index (χ0v) is 10.5. The molecule has 0 aliphatic heterocycles. The topological polar surface area (TPSA) is 69.6 Å². The van der Waals surface area contributed by atoms with E-state index >= 15 is 0 Å². The summed E-state index contributed by atoms with van der Waals surface area (Å²) in [7, 11) is 0. The molecule has 94 valence electrons. The Morgan fingerprint density at radius 1 is 1.41 bits per heavy atom. The molecule has 4 nitrogen and oxygen atoms in total. The summed E-state index contributed by atoms with van der Waals surface area (Å²) in [6.45, 7) is 1.40. The Morgan fingerprint density at radius 2 is 2.06 bits per heavy atom. The summed E-state index contributed by atoms with van der Waals surface area (Å²) in [5, 5.41) is 22.3. The highest BCUT2D eigenvalue weighted by Crippen LogP contribution is 2.26. The van der Waals surface area contributed by atoms with Gasteiger partial charge in [-0.3, -0.25) is 4.79 Å². The van der Waals surface area contributed by atoms with E-state index in [0.717, 1.165) is 0 Å². The summed E-state index contributed by atoms with van der Waals surface area (Å²) in [4.78, 5) is 11.0. The van der Waals surface area contributed by atoms with E-state index in [2.05, 4.69) is 17.9 Å². The van der Waals surface area contributed by atoms with Crippen molar-refractivity contribution in [3.63, 3.8) is 0 Å². The second-order valence-corrected chi connectivity index (χ2v) is 4.24. The van der Waals surface area contributed by atoms with Crippen molar-refractivity contribution in [1.29, 1.82) is 0 Å². The Bertz CT molecular complexity index is 384. The fourth-order valence-corrected chi connectivity index (χ4v) is 1.82. The van der Waals surface area contributed by atoms with Crippen LogP contribution in [0.25, 0.3) is 0 Å². The third-order valence-corrected chi connectivity index (χ3v) is 2.64. The molecule has 5 heteroatoms. The summed E-state index contributed by atoms with van der Waals surface area (Å²) in [6.07, 6.45) is -1.52. The second kappa shape index (κ2) is 6.64. The molecule has 0 radical (unpaired) electrons. The van der Waals surface area contributed by atoms with Crippen LogP contribution in [0.3, 0.4) is 0 Å². The first-order valence-electron chi connectivity index (χ1n) is 5.39. The lowest BCUT2D eigenvalue weighted by Crippen LogP contribution is -2.20. The minimum absolute atomic E-state index is 0.215. The van der Waals surface area contributed by atoms with Gasteiger partial charge in [-0.05, 0) is 18.2 Å². The van der Waals surface area contributed by atoms with Crippen LogP contribution in [0, 0.1) is 0 Å². The van der Waals surface area contributed by atoms with Gasteiger partial charge >= 0.3 is 0 Å². The van der Waals surface area contributed by atoms with Crippen LogP contribution in [0.4, 0.5) is 5.69 Å². The van der Waals surface area contributed by atoms with Gasteiger partial charge in [0.15, 0.2) is 0 Å². The van der Waals surface area contributed by atoms with Gasteiger partial charge in [0.2, 0.25) is 5.91 Å². The summed E-state index contributed by atoms with van der Waals surface area (Å²) < 4.78 is 0. The number of thiol groups is 1. The van der Waals surface area contributed by atoms with Gasteiger partial charge in [0.25, 0.3) is 0 Å². The van der Waals surface area contributed by atoms with E-state index < -0.39 is 12.2 Å². The predicted molar refractivity (Wildman–Crippen MR) is 70.2 cm³/mol. The molecule has 1 amide bonds. The zero-order valence-electron chi connectivity index (χ0n) is 9.63. The molecule has 2 unspecified atom stereocenters. The van der Waals surface area contributed by atoms with E-state index in [4.69, 9.17) is 0 Å². The Hall–Kier alpha value is -1.04. The SMILES string of the molecule is CC(=O)Nc1ccccc1C(O)C(O)CCS. The van der Waals surface area contributed by atoms with Crippen molar-refractivity contribution in [2.24, 2.45) is 0 Å². The van der Waals surface area contributed by atoms with Gasteiger partial charge in [-0.2, -0.15) is 12.6 Å². The van der Waals surface area contributed by atoms with Crippen LogP contribution in [-0.2, 0) is 4.79 Å². The fourth-order valence-electron chi connectivity index (χ4n) is 1.56. The van der Waals surface area contributed by atoms with Crippen molar-refractivity contribution in [3.8, 4) is 0 Å². The first-order chi connectivity index (χ1) is 8.06. The highest BCUT2D eigenvalue weighted by Gasteiger charge is 2.20. The number of carbonyl (C=O) groups is 1. The molecule has 1 aromatic rings. The quantitative estimate of drug-likeness (QED) is 0.600. The van der Waals surface area contributed by atoms with E-state index in [1.165, 1.54) is 6.92 Å². The second-order valence-electron chi connectivity index (χ2n) is 3.79. The molecule has 0 bridgehead atoms. The molecule has 0 spiro atoms. The summed E-state index contributed by atoms with van der Waals surface area (Å²) >= 11 is 4.01. The molecule has 0 aliphatic rings. The van der Waals surface area contributed by atoms with Gasteiger partial charge in [-0.15, -0.1) is 0 Å². The lowest BCUT2D eigenvalue weighted by atomic mass is 10.0. The van der Waals surface area contributed by atoms with E-state index in [1.54, 1.807) is 24.3 Å². The fraction of sp³-hybridized carbons (Fsp3) is 0.417. The average molecular weight is 255 g/mol. The molecule has 0 aromatic heterocycles. The highest BCUT2D eigenvalue weighted by atomic mass is 32.1. The van der Waals surface area contributed by atoms with Crippen molar-refractivity contribution < 1.29 is 15.0 Å². The number of aliphatic hydroxyl groups is 2. The molecule has 0 saturated heterocycles. The number of amides is 1. The number of hydrogen-bond acceptors (Lipinski definition) is 4. The molecule has 17 heavy (non-hydrogen) atoms. The van der Waals surface area contributed by atoms with Crippen LogP contribution in [0.5, 0.6) is 0 Å². The largest absolute Gasteiger partial charge is 0.390 e. The predicted octanol–water partition coefficient (Wildman–Crippen LogP) is 1.36. The molecule has 0 aliphatic carbocycles. The van der Waals surface area contributed by atoms with Crippen LogP contribution in [0.15, 0.2) is 24.3 Å². The van der Waals surface area contributed by atoms with Crippen LogP contribution in [0.1, 0.15) is 25.0 Å². The van der Waals surface area contributed by atoms with Gasteiger partial charge in [0, 0.05) is 18.2 Å². The Balaban J connectivity index is 2.91. The van der Waals surface area contributed by atoms with Gasteiger partial charge < -0.3 is 15.5 Å². The van der Waals surface area contributed by atoms with Gasteiger partial charge in [0.05, 0.1) is 6.10 Å². The number of hydrogen-bond donors (Lipinski definition) is 4. The molecule has 0 fully saturated rings. The third-order valence-electron chi connectivity index (χ3n) is 2.38. The number of nitrogens with one attached hydrogen (secondary N) is 1. The van der Waals surface area contributed by atoms with Gasteiger partial charge in [-0.25, -0.2) is 0 Å². The molecule has 1 aromatic carbocycles. The van der Waals surface area contributed by atoms with Crippen LogP contribution < -0.4 is 5.32 Å². The minimum atomic E-state index is -1.02. The Kier molecular flexibility index (Phi) is 5.47. The monoisotopic (exact) mass is 255 g/mol. The van der Waals surface area contributed by atoms with Crippen molar-refractivity contribution in [1.82, 2.24) is 0 Å². The van der Waals surface area contributed by atoms with E-state index in [9.17, 15) is 15.0 Å². The maximum Gasteiger partial charge on any atom is 0.221 e. The zero-order chi connectivity index (χ0) is 12.8. The molecular weight excluding hydrogens is 238 g/mol. The lowest BCUT2D eigenvalue weighted by Gasteiger charge is -2.20. The first-order valence-corrected chi connectivity index (χ1v) is 6.03. The standard InChI is InChI=1S/C12H17NO3S/c1-8(14)13-10-5-3-2-4-9(10)12(16)11(15)6-7-17/h2-5,11-12,15-17H,6-7H2,1H3,(H,13,14). The molecule has 3 N–H and O–H groups in total. The normalized spacial score (nSPS) is 14.1. The summed E-state index contributed by atoms with van der Waals surface area (Å²) in [5.74, 6) is 0.272. The maximum atomic E-state index is 11.0. The minimum Gasteiger partial charge on any atom is -0.390 e. The number of aliphatic hydroxyl groups excluding tert-OH is 2. The smallest absolute Gasteiger partial charge is 0.221 e. The lowest BCUT2D eigenvalue weighted by molar-refractivity contribution is -0.114. The number of rotatable bonds is 5. The van der Waals surface area contributed by atoms with Crippen molar-refractivity contribution in [3.05, 3.63) is 29.8 Å². The molecule has 2 atom stereocenters. The highest BCUT2D eigenvalue weighted by molar-refractivity contribution is 7.80. The van der Waals surface area contributed by atoms with E-state index in [-0.39, 0.29) is 5.91 Å². The average Bonchev–Trinajstić information content (AvgIpc) is 2.28. The Labute approximate surface area is 106 Å². The van der Waals surface area contributed by atoms with Crippen molar-refractivity contribution in [2.45, 2.75) is 25.6 Å². The third kappa shape index (κ3) is 4.03. The molecular formula is C12H17NO3S. The van der Waals surface area contributed by atoms with Crippen LogP contribution in [0.2, 0.25) is 0 Å². The van der Waals surface area contributed by atoms with E-state index in [1.807, 2.05) is 0 Å². The van der Waals surface area contributed by atoms with Crippen molar-refractivity contribution >= 4 is 24.2 Å². The van der Waals surface area contributed by atoms with Crippen LogP contribution >= 0.6 is 12.6 Å². The number of anilines is 1. The number of carbonyl (C=O) groups excluding carboxylic acids is 1. The van der Waals surface area contributed by atoms with Crippen molar-refractivity contribution in [2.75, 3.05) is 11.1 Å².